The molecule has 0 unspecified atom stereocenters. The van der Waals surface area contributed by atoms with E-state index < -0.39 is 0 Å². The highest BCUT2D eigenvalue weighted by atomic mass is 35.5. The minimum Gasteiger partial charge on any atom is -0.398 e. The number of nitrogens with zero attached hydrogens (tertiary/aromatic N) is 1. The van der Waals surface area contributed by atoms with Crippen LogP contribution < -0.4 is 5.73 Å². The minimum atomic E-state index is 0.616. The Kier molecular flexibility index (Phi) is 4.92. The molecular formula is C13H15ClN2S2. The SMILES string of the molecule is CCCc1nc(CSc2ccc(N)c(Cl)c2)cs1. The molecule has 0 spiro atoms. The van der Waals surface area contributed by atoms with Crippen molar-refractivity contribution >= 4 is 40.4 Å². The minimum absolute atomic E-state index is 0.616. The number of hydrogen-bond acceptors (Lipinski definition) is 4. The van der Waals surface area contributed by atoms with Gasteiger partial charge < -0.3 is 5.73 Å². The molecule has 0 radical (unpaired) electrons. The number of aromatic nitrogens is 1. The van der Waals surface area contributed by atoms with E-state index in [0.717, 1.165) is 29.2 Å². The molecule has 0 bridgehead atoms. The van der Waals surface area contributed by atoms with Gasteiger partial charge in [-0.05, 0) is 31.0 Å². The zero-order valence-corrected chi connectivity index (χ0v) is 12.5. The Morgan fingerprint density at radius 2 is 2.28 bits per heavy atom. The Hall–Kier alpha value is -0.710. The van der Waals surface area contributed by atoms with Crippen LogP contribution in [0, 0.1) is 0 Å². The highest BCUT2D eigenvalue weighted by Gasteiger charge is 2.04. The summed E-state index contributed by atoms with van der Waals surface area (Å²) in [6.45, 7) is 2.17. The summed E-state index contributed by atoms with van der Waals surface area (Å²) in [4.78, 5) is 5.72. The molecule has 1 aromatic heterocycles. The van der Waals surface area contributed by atoms with Crippen LogP contribution in [0.1, 0.15) is 24.0 Å². The van der Waals surface area contributed by atoms with Crippen LogP contribution >= 0.6 is 34.7 Å². The van der Waals surface area contributed by atoms with E-state index in [0.29, 0.717) is 10.7 Å². The molecule has 0 aliphatic rings. The van der Waals surface area contributed by atoms with Gasteiger partial charge in [-0.3, -0.25) is 0 Å². The van der Waals surface area contributed by atoms with Crippen LogP contribution in [0.2, 0.25) is 5.02 Å². The molecule has 0 fully saturated rings. The molecule has 2 nitrogen and oxygen atoms in total. The smallest absolute Gasteiger partial charge is 0.0928 e. The summed E-state index contributed by atoms with van der Waals surface area (Å²) < 4.78 is 0. The van der Waals surface area contributed by atoms with E-state index in [9.17, 15) is 0 Å². The number of nitrogen functional groups attached to an aromatic ring is 1. The van der Waals surface area contributed by atoms with Crippen molar-refractivity contribution in [2.75, 3.05) is 5.73 Å². The Bertz CT molecular complexity index is 525. The maximum Gasteiger partial charge on any atom is 0.0928 e. The summed E-state index contributed by atoms with van der Waals surface area (Å²) >= 11 is 9.47. The van der Waals surface area contributed by atoms with Crippen molar-refractivity contribution in [2.45, 2.75) is 30.4 Å². The summed E-state index contributed by atoms with van der Waals surface area (Å²) in [7, 11) is 0. The van der Waals surface area contributed by atoms with Crippen molar-refractivity contribution in [3.8, 4) is 0 Å². The zero-order valence-electron chi connectivity index (χ0n) is 10.1. The first-order valence-electron chi connectivity index (χ1n) is 5.80. The predicted octanol–water partition coefficient (Wildman–Crippen LogP) is 4.62. The number of nitrogens with two attached hydrogens (primary N) is 1. The molecule has 0 atom stereocenters. The lowest BCUT2D eigenvalue weighted by Crippen LogP contribution is -1.87. The van der Waals surface area contributed by atoms with Crippen LogP contribution in [0.15, 0.2) is 28.5 Å². The third-order valence-corrected chi connectivity index (χ3v) is 4.73. The largest absolute Gasteiger partial charge is 0.398 e. The fourth-order valence-corrected chi connectivity index (χ4v) is 3.58. The van der Waals surface area contributed by atoms with E-state index in [2.05, 4.69) is 17.3 Å². The molecule has 18 heavy (non-hydrogen) atoms. The van der Waals surface area contributed by atoms with Gasteiger partial charge in [0.1, 0.15) is 0 Å². The molecule has 0 saturated carbocycles. The van der Waals surface area contributed by atoms with Gasteiger partial charge in [0.2, 0.25) is 0 Å². The van der Waals surface area contributed by atoms with Crippen molar-refractivity contribution < 1.29 is 0 Å². The van der Waals surface area contributed by atoms with Crippen molar-refractivity contribution in [1.82, 2.24) is 4.98 Å². The summed E-state index contributed by atoms with van der Waals surface area (Å²) in [6, 6.07) is 5.74. The van der Waals surface area contributed by atoms with E-state index in [1.165, 1.54) is 5.01 Å². The summed E-state index contributed by atoms with van der Waals surface area (Å²) in [5, 5.41) is 3.98. The van der Waals surface area contributed by atoms with Gasteiger partial charge in [0.15, 0.2) is 0 Å². The fourth-order valence-electron chi connectivity index (χ4n) is 1.50. The van der Waals surface area contributed by atoms with Crippen LogP contribution in [-0.4, -0.2) is 4.98 Å². The molecule has 0 aliphatic heterocycles. The van der Waals surface area contributed by atoms with Gasteiger partial charge in [-0.2, -0.15) is 0 Å². The van der Waals surface area contributed by atoms with Gasteiger partial charge in [0, 0.05) is 16.0 Å². The molecule has 96 valence electrons. The van der Waals surface area contributed by atoms with Crippen LogP contribution in [0.3, 0.4) is 0 Å². The summed E-state index contributed by atoms with van der Waals surface area (Å²) in [6.07, 6.45) is 2.22. The molecular weight excluding hydrogens is 284 g/mol. The number of halogens is 1. The van der Waals surface area contributed by atoms with Crippen LogP contribution in [0.5, 0.6) is 0 Å². The predicted molar refractivity (Wildman–Crippen MR) is 81.5 cm³/mol. The molecule has 0 aliphatic carbocycles. The number of thioether (sulfide) groups is 1. The van der Waals surface area contributed by atoms with E-state index in [-0.39, 0.29) is 0 Å². The van der Waals surface area contributed by atoms with Crippen molar-refractivity contribution in [2.24, 2.45) is 0 Å². The molecule has 1 aromatic carbocycles. The molecule has 0 saturated heterocycles. The Morgan fingerprint density at radius 3 is 3.00 bits per heavy atom. The quantitative estimate of drug-likeness (QED) is 0.646. The maximum absolute atomic E-state index is 5.99. The van der Waals surface area contributed by atoms with Crippen LogP contribution in [-0.2, 0) is 12.2 Å². The van der Waals surface area contributed by atoms with Crippen molar-refractivity contribution in [3.05, 3.63) is 39.3 Å². The maximum atomic E-state index is 5.99. The third-order valence-electron chi connectivity index (χ3n) is 2.42. The third kappa shape index (κ3) is 3.64. The van der Waals surface area contributed by atoms with E-state index >= 15 is 0 Å². The zero-order chi connectivity index (χ0) is 13.0. The van der Waals surface area contributed by atoms with Gasteiger partial charge in [0.25, 0.3) is 0 Å². The lowest BCUT2D eigenvalue weighted by molar-refractivity contribution is 0.902. The standard InChI is InChI=1S/C13H15ClN2S2/c1-2-3-13-16-9(8-18-13)7-17-10-4-5-12(15)11(14)6-10/h4-6,8H,2-3,7,15H2,1H3. The van der Waals surface area contributed by atoms with Gasteiger partial charge in [0.05, 0.1) is 21.4 Å². The van der Waals surface area contributed by atoms with Crippen molar-refractivity contribution in [1.29, 1.82) is 0 Å². The molecule has 2 rings (SSSR count). The normalized spacial score (nSPS) is 10.8. The Balaban J connectivity index is 1.95. The highest BCUT2D eigenvalue weighted by Crippen LogP contribution is 2.28. The highest BCUT2D eigenvalue weighted by molar-refractivity contribution is 7.98. The van der Waals surface area contributed by atoms with Gasteiger partial charge in [-0.25, -0.2) is 4.98 Å². The van der Waals surface area contributed by atoms with Gasteiger partial charge in [-0.1, -0.05) is 18.5 Å². The molecule has 2 N–H and O–H groups in total. The molecule has 1 heterocycles. The topological polar surface area (TPSA) is 38.9 Å². The number of hydrogen-bond donors (Lipinski definition) is 1. The Labute approximate surface area is 121 Å². The second kappa shape index (κ2) is 6.45. The monoisotopic (exact) mass is 298 g/mol. The number of benzene rings is 1. The second-order valence-electron chi connectivity index (χ2n) is 3.95. The van der Waals surface area contributed by atoms with Crippen LogP contribution in [0.4, 0.5) is 5.69 Å². The first-order valence-corrected chi connectivity index (χ1v) is 8.04. The molecule has 5 heteroatoms. The average Bonchev–Trinajstić information content (AvgIpc) is 2.79. The first-order chi connectivity index (χ1) is 8.69. The lowest BCUT2D eigenvalue weighted by Gasteiger charge is -2.02. The van der Waals surface area contributed by atoms with Gasteiger partial charge >= 0.3 is 0 Å². The number of aryl methyl sites for hydroxylation is 1. The van der Waals surface area contributed by atoms with E-state index in [1.807, 2.05) is 18.2 Å². The second-order valence-corrected chi connectivity index (χ2v) is 6.35. The molecule has 2 aromatic rings. The van der Waals surface area contributed by atoms with E-state index in [4.69, 9.17) is 17.3 Å². The average molecular weight is 299 g/mol. The number of anilines is 1. The van der Waals surface area contributed by atoms with Crippen molar-refractivity contribution in [3.63, 3.8) is 0 Å². The molecule has 0 amide bonds. The van der Waals surface area contributed by atoms with E-state index in [1.54, 1.807) is 23.1 Å². The van der Waals surface area contributed by atoms with Gasteiger partial charge in [-0.15, -0.1) is 23.1 Å². The fraction of sp³-hybridized carbons (Fsp3) is 0.308. The lowest BCUT2D eigenvalue weighted by atomic mass is 10.3. The summed E-state index contributed by atoms with van der Waals surface area (Å²) in [5.74, 6) is 0.875. The summed E-state index contributed by atoms with van der Waals surface area (Å²) in [5.41, 5.74) is 7.45. The first kappa shape index (κ1) is 13.7. The Morgan fingerprint density at radius 1 is 1.44 bits per heavy atom. The number of thiazole rings is 1. The number of rotatable bonds is 5. The van der Waals surface area contributed by atoms with Crippen LogP contribution in [0.25, 0.3) is 0 Å².